The van der Waals surface area contributed by atoms with Crippen molar-refractivity contribution in [2.24, 2.45) is 0 Å². The Morgan fingerprint density at radius 2 is 2.33 bits per heavy atom. The zero-order valence-electron chi connectivity index (χ0n) is 9.83. The van der Waals surface area contributed by atoms with Gasteiger partial charge in [0.1, 0.15) is 18.1 Å². The summed E-state index contributed by atoms with van der Waals surface area (Å²) in [5, 5.41) is 19.6. The quantitative estimate of drug-likeness (QED) is 0.650. The number of hydrogen-bond acceptors (Lipinski definition) is 5. The minimum atomic E-state index is -1.00. The first kappa shape index (κ1) is 14.2. The first-order valence-electron chi connectivity index (χ1n) is 5.14. The van der Waals surface area contributed by atoms with Crippen LogP contribution < -0.4 is 4.90 Å². The Morgan fingerprint density at radius 3 is 2.72 bits per heavy atom. The molecule has 0 spiro atoms. The second-order valence-corrected chi connectivity index (χ2v) is 4.04. The van der Waals surface area contributed by atoms with Gasteiger partial charge in [-0.15, -0.1) is 0 Å². The van der Waals surface area contributed by atoms with Crippen molar-refractivity contribution < 1.29 is 14.8 Å². The molecule has 1 heterocycles. The maximum atomic E-state index is 11.0. The van der Waals surface area contributed by atoms with Crippen LogP contribution in [0, 0.1) is 10.1 Å². The molecule has 1 N–H and O–H groups in total. The SMILES string of the molecule is CCC(C(=O)O)N(C)c1ncc([N+](=O)[O-])cc1Cl. The van der Waals surface area contributed by atoms with Gasteiger partial charge in [0.25, 0.3) is 5.69 Å². The maximum Gasteiger partial charge on any atom is 0.326 e. The molecular formula is C10H12ClN3O4. The summed E-state index contributed by atoms with van der Waals surface area (Å²) in [6.07, 6.45) is 1.41. The second kappa shape index (κ2) is 5.63. The van der Waals surface area contributed by atoms with Gasteiger partial charge in [-0.1, -0.05) is 18.5 Å². The van der Waals surface area contributed by atoms with E-state index in [0.29, 0.717) is 6.42 Å². The number of rotatable bonds is 5. The van der Waals surface area contributed by atoms with Crippen molar-refractivity contribution in [2.75, 3.05) is 11.9 Å². The minimum Gasteiger partial charge on any atom is -0.480 e. The number of pyridine rings is 1. The third kappa shape index (κ3) is 2.86. The van der Waals surface area contributed by atoms with Crippen molar-refractivity contribution in [1.29, 1.82) is 0 Å². The molecule has 0 aliphatic heterocycles. The third-order valence-corrected chi connectivity index (χ3v) is 2.77. The van der Waals surface area contributed by atoms with E-state index < -0.39 is 16.9 Å². The highest BCUT2D eigenvalue weighted by atomic mass is 35.5. The van der Waals surface area contributed by atoms with Crippen molar-refractivity contribution in [3.63, 3.8) is 0 Å². The van der Waals surface area contributed by atoms with Crippen molar-refractivity contribution in [2.45, 2.75) is 19.4 Å². The molecule has 0 radical (unpaired) electrons. The molecule has 1 atom stereocenters. The van der Waals surface area contributed by atoms with Crippen LogP contribution >= 0.6 is 11.6 Å². The van der Waals surface area contributed by atoms with Gasteiger partial charge in [-0.3, -0.25) is 10.1 Å². The number of nitro groups is 1. The molecule has 1 rings (SSSR count). The summed E-state index contributed by atoms with van der Waals surface area (Å²) in [5.74, 6) is -0.798. The summed E-state index contributed by atoms with van der Waals surface area (Å²) in [5.41, 5.74) is -0.236. The number of anilines is 1. The molecule has 7 nitrogen and oxygen atoms in total. The van der Waals surface area contributed by atoms with Crippen LogP contribution in [0.4, 0.5) is 11.5 Å². The largest absolute Gasteiger partial charge is 0.480 e. The number of aromatic nitrogens is 1. The maximum absolute atomic E-state index is 11.0. The van der Waals surface area contributed by atoms with Gasteiger partial charge in [0, 0.05) is 13.1 Å². The lowest BCUT2D eigenvalue weighted by Crippen LogP contribution is -2.38. The standard InChI is InChI=1S/C10H12ClN3O4/c1-3-8(10(15)16)13(2)9-7(11)4-6(5-12-9)14(17)18/h4-5,8H,3H2,1-2H3,(H,15,16). The number of halogens is 1. The molecule has 18 heavy (non-hydrogen) atoms. The van der Waals surface area contributed by atoms with Crippen LogP contribution in [0.15, 0.2) is 12.3 Å². The van der Waals surface area contributed by atoms with Crippen LogP contribution in [-0.4, -0.2) is 34.1 Å². The fourth-order valence-electron chi connectivity index (χ4n) is 1.54. The summed E-state index contributed by atoms with van der Waals surface area (Å²) in [6.45, 7) is 1.72. The zero-order chi connectivity index (χ0) is 13.9. The Bertz CT molecular complexity index is 480. The van der Waals surface area contributed by atoms with Gasteiger partial charge >= 0.3 is 5.97 Å². The highest BCUT2D eigenvalue weighted by Gasteiger charge is 2.24. The minimum absolute atomic E-state index is 0.0476. The molecule has 0 aliphatic rings. The number of aliphatic carboxylic acids is 1. The summed E-state index contributed by atoms with van der Waals surface area (Å²) < 4.78 is 0. The van der Waals surface area contributed by atoms with Gasteiger partial charge in [-0.25, -0.2) is 9.78 Å². The molecule has 0 aromatic carbocycles. The van der Waals surface area contributed by atoms with E-state index in [1.165, 1.54) is 11.9 Å². The van der Waals surface area contributed by atoms with Crippen molar-refractivity contribution >= 4 is 29.1 Å². The van der Waals surface area contributed by atoms with Crippen LogP contribution in [0.3, 0.4) is 0 Å². The molecule has 1 aromatic heterocycles. The third-order valence-electron chi connectivity index (χ3n) is 2.49. The van der Waals surface area contributed by atoms with Crippen molar-refractivity contribution in [3.8, 4) is 0 Å². The molecule has 1 unspecified atom stereocenters. The molecule has 0 amide bonds. The molecule has 0 fully saturated rings. The molecule has 0 saturated heterocycles. The lowest BCUT2D eigenvalue weighted by molar-refractivity contribution is -0.385. The van der Waals surface area contributed by atoms with Crippen LogP contribution in [0.25, 0.3) is 0 Å². The fourth-order valence-corrected chi connectivity index (χ4v) is 1.84. The van der Waals surface area contributed by atoms with E-state index in [-0.39, 0.29) is 16.5 Å². The van der Waals surface area contributed by atoms with E-state index in [9.17, 15) is 14.9 Å². The number of nitrogens with zero attached hydrogens (tertiary/aromatic N) is 3. The predicted octanol–water partition coefficient (Wildman–Crippen LogP) is 1.94. The Kier molecular flexibility index (Phi) is 4.43. The summed E-state index contributed by atoms with van der Waals surface area (Å²) in [6, 6.07) is 0.367. The molecule has 0 saturated carbocycles. The lowest BCUT2D eigenvalue weighted by atomic mass is 10.2. The highest BCUT2D eigenvalue weighted by Crippen LogP contribution is 2.27. The fraction of sp³-hybridized carbons (Fsp3) is 0.400. The van der Waals surface area contributed by atoms with Gasteiger partial charge in [-0.2, -0.15) is 0 Å². The van der Waals surface area contributed by atoms with E-state index in [2.05, 4.69) is 4.98 Å². The summed E-state index contributed by atoms with van der Waals surface area (Å²) in [4.78, 5) is 26.2. The van der Waals surface area contributed by atoms with E-state index in [1.807, 2.05) is 0 Å². The smallest absolute Gasteiger partial charge is 0.326 e. The summed E-state index contributed by atoms with van der Waals surface area (Å²) >= 11 is 5.87. The van der Waals surface area contributed by atoms with Crippen LogP contribution in [0.5, 0.6) is 0 Å². The van der Waals surface area contributed by atoms with Gasteiger partial charge in [0.05, 0.1) is 9.95 Å². The normalized spacial score (nSPS) is 11.9. The van der Waals surface area contributed by atoms with Crippen LogP contribution in [0.1, 0.15) is 13.3 Å². The highest BCUT2D eigenvalue weighted by molar-refractivity contribution is 6.33. The number of carboxylic acid groups (broad SMARTS) is 1. The Labute approximate surface area is 108 Å². The second-order valence-electron chi connectivity index (χ2n) is 3.63. The molecule has 0 aliphatic carbocycles. The van der Waals surface area contributed by atoms with Gasteiger partial charge < -0.3 is 10.0 Å². The Morgan fingerprint density at radius 1 is 1.72 bits per heavy atom. The van der Waals surface area contributed by atoms with E-state index in [4.69, 9.17) is 16.7 Å². The topological polar surface area (TPSA) is 96.6 Å². The Balaban J connectivity index is 3.10. The van der Waals surface area contributed by atoms with Gasteiger partial charge in [0.15, 0.2) is 0 Å². The van der Waals surface area contributed by atoms with Crippen LogP contribution in [-0.2, 0) is 4.79 Å². The van der Waals surface area contributed by atoms with Crippen molar-refractivity contribution in [3.05, 3.63) is 27.4 Å². The first-order chi connectivity index (χ1) is 8.38. The molecular weight excluding hydrogens is 262 g/mol. The number of carbonyl (C=O) groups is 1. The monoisotopic (exact) mass is 273 g/mol. The lowest BCUT2D eigenvalue weighted by Gasteiger charge is -2.25. The molecule has 98 valence electrons. The van der Waals surface area contributed by atoms with Gasteiger partial charge in [-0.05, 0) is 6.42 Å². The van der Waals surface area contributed by atoms with E-state index in [0.717, 1.165) is 12.3 Å². The average molecular weight is 274 g/mol. The first-order valence-corrected chi connectivity index (χ1v) is 5.51. The number of hydrogen-bond donors (Lipinski definition) is 1. The zero-order valence-corrected chi connectivity index (χ0v) is 10.6. The summed E-state index contributed by atoms with van der Waals surface area (Å²) in [7, 11) is 1.53. The number of likely N-dealkylation sites (N-methyl/N-ethyl adjacent to an activating group) is 1. The van der Waals surface area contributed by atoms with Gasteiger partial charge in [0.2, 0.25) is 0 Å². The average Bonchev–Trinajstić information content (AvgIpc) is 2.28. The predicted molar refractivity (Wildman–Crippen MR) is 66.0 cm³/mol. The number of carboxylic acids is 1. The van der Waals surface area contributed by atoms with E-state index in [1.54, 1.807) is 6.92 Å². The molecule has 0 bridgehead atoms. The van der Waals surface area contributed by atoms with Crippen molar-refractivity contribution in [1.82, 2.24) is 4.98 Å². The molecule has 1 aromatic rings. The van der Waals surface area contributed by atoms with E-state index >= 15 is 0 Å². The Hall–Kier alpha value is -1.89. The molecule has 8 heteroatoms. The van der Waals surface area contributed by atoms with Crippen LogP contribution in [0.2, 0.25) is 5.02 Å².